The highest BCUT2D eigenvalue weighted by Gasteiger charge is 2.20. The average Bonchev–Trinajstić information content (AvgIpc) is 2.48. The van der Waals surface area contributed by atoms with E-state index in [0.717, 1.165) is 17.9 Å². The number of benzene rings is 1. The van der Waals surface area contributed by atoms with Crippen LogP contribution < -0.4 is 5.73 Å². The number of rotatable bonds is 6. The molecule has 2 atom stereocenters. The molecule has 1 aromatic heterocycles. The maximum absolute atomic E-state index is 6.28. The molecule has 0 saturated heterocycles. The lowest BCUT2D eigenvalue weighted by atomic mass is 10.1. The number of nitrogens with two attached hydrogens (primary N) is 1. The van der Waals surface area contributed by atoms with Gasteiger partial charge < -0.3 is 5.73 Å². The topological polar surface area (TPSA) is 38.9 Å². The number of aryl methyl sites for hydroxylation is 1. The highest BCUT2D eigenvalue weighted by molar-refractivity contribution is 7.98. The molecule has 106 valence electrons. The van der Waals surface area contributed by atoms with Crippen molar-refractivity contribution in [1.82, 2.24) is 4.98 Å². The van der Waals surface area contributed by atoms with Crippen LogP contribution in [-0.4, -0.2) is 11.0 Å². The highest BCUT2D eigenvalue weighted by atomic mass is 32.2. The molecule has 0 radical (unpaired) electrons. The van der Waals surface area contributed by atoms with Crippen LogP contribution in [0.15, 0.2) is 48.7 Å². The smallest absolute Gasteiger partial charge is 0.0624 e. The minimum Gasteiger partial charge on any atom is -0.326 e. The molecule has 20 heavy (non-hydrogen) atoms. The van der Waals surface area contributed by atoms with Gasteiger partial charge in [-0.3, -0.25) is 4.98 Å². The summed E-state index contributed by atoms with van der Waals surface area (Å²) in [5, 5.41) is 0.252. The fraction of sp³-hybridized carbons (Fsp3) is 0.353. The van der Waals surface area contributed by atoms with E-state index in [0.29, 0.717) is 0 Å². The van der Waals surface area contributed by atoms with Crippen LogP contribution in [0.2, 0.25) is 0 Å². The van der Waals surface area contributed by atoms with Gasteiger partial charge >= 0.3 is 0 Å². The van der Waals surface area contributed by atoms with Gasteiger partial charge in [-0.1, -0.05) is 42.8 Å². The molecule has 0 aliphatic rings. The zero-order valence-corrected chi connectivity index (χ0v) is 12.9. The SMILES string of the molecule is CCC(N)C(SCc1cccc(C)c1)c1ccccn1. The van der Waals surface area contributed by atoms with Crippen LogP contribution in [0, 0.1) is 6.92 Å². The predicted octanol–water partition coefficient (Wildman–Crippen LogP) is 4.10. The van der Waals surface area contributed by atoms with Gasteiger partial charge in [0.05, 0.1) is 10.9 Å². The summed E-state index contributed by atoms with van der Waals surface area (Å²) in [5.74, 6) is 0.969. The van der Waals surface area contributed by atoms with Crippen LogP contribution in [0.5, 0.6) is 0 Å². The van der Waals surface area contributed by atoms with Gasteiger partial charge in [0, 0.05) is 18.0 Å². The van der Waals surface area contributed by atoms with Gasteiger partial charge in [-0.25, -0.2) is 0 Å². The Morgan fingerprint density at radius 3 is 2.70 bits per heavy atom. The summed E-state index contributed by atoms with van der Waals surface area (Å²) in [6.45, 7) is 4.26. The molecule has 0 saturated carbocycles. The molecule has 0 bridgehead atoms. The largest absolute Gasteiger partial charge is 0.326 e. The van der Waals surface area contributed by atoms with Gasteiger partial charge in [-0.2, -0.15) is 0 Å². The van der Waals surface area contributed by atoms with Crippen molar-refractivity contribution in [3.8, 4) is 0 Å². The summed E-state index contributed by atoms with van der Waals surface area (Å²) in [6, 6.07) is 14.8. The molecule has 0 fully saturated rings. The van der Waals surface area contributed by atoms with Crippen LogP contribution in [0.4, 0.5) is 0 Å². The Labute approximate surface area is 125 Å². The summed E-state index contributed by atoms with van der Waals surface area (Å²) in [4.78, 5) is 4.48. The van der Waals surface area contributed by atoms with Gasteiger partial charge in [0.25, 0.3) is 0 Å². The van der Waals surface area contributed by atoms with Crippen LogP contribution >= 0.6 is 11.8 Å². The monoisotopic (exact) mass is 286 g/mol. The van der Waals surface area contributed by atoms with Crippen molar-refractivity contribution in [1.29, 1.82) is 0 Å². The molecule has 0 aliphatic heterocycles. The van der Waals surface area contributed by atoms with Gasteiger partial charge in [-0.05, 0) is 31.0 Å². The zero-order chi connectivity index (χ0) is 14.4. The first-order valence-electron chi connectivity index (χ1n) is 7.04. The van der Waals surface area contributed by atoms with E-state index in [1.54, 1.807) is 0 Å². The number of hydrogen-bond acceptors (Lipinski definition) is 3. The first kappa shape index (κ1) is 15.1. The summed E-state index contributed by atoms with van der Waals surface area (Å²) in [6.07, 6.45) is 2.81. The Kier molecular flexibility index (Phi) is 5.62. The molecule has 0 aliphatic carbocycles. The van der Waals surface area contributed by atoms with E-state index in [1.165, 1.54) is 11.1 Å². The van der Waals surface area contributed by atoms with E-state index < -0.39 is 0 Å². The molecular weight excluding hydrogens is 264 g/mol. The van der Waals surface area contributed by atoms with Crippen LogP contribution in [0.3, 0.4) is 0 Å². The summed E-state index contributed by atoms with van der Waals surface area (Å²) in [5.41, 5.74) is 10.0. The minimum atomic E-state index is 0.139. The molecule has 2 N–H and O–H groups in total. The van der Waals surface area contributed by atoms with E-state index in [4.69, 9.17) is 5.73 Å². The van der Waals surface area contributed by atoms with Crippen molar-refractivity contribution in [3.05, 3.63) is 65.5 Å². The highest BCUT2D eigenvalue weighted by Crippen LogP contribution is 2.33. The first-order chi connectivity index (χ1) is 9.70. The molecule has 2 aromatic rings. The fourth-order valence-corrected chi connectivity index (χ4v) is 3.48. The molecular formula is C17H22N2S. The van der Waals surface area contributed by atoms with E-state index in [-0.39, 0.29) is 11.3 Å². The van der Waals surface area contributed by atoms with Crippen LogP contribution in [-0.2, 0) is 5.75 Å². The second kappa shape index (κ2) is 7.46. The van der Waals surface area contributed by atoms with E-state index in [1.807, 2.05) is 30.1 Å². The van der Waals surface area contributed by atoms with Crippen molar-refractivity contribution in [2.45, 2.75) is 37.3 Å². The molecule has 0 spiro atoms. The molecule has 2 nitrogen and oxygen atoms in total. The van der Waals surface area contributed by atoms with Crippen molar-refractivity contribution in [2.24, 2.45) is 5.73 Å². The summed E-state index contributed by atoms with van der Waals surface area (Å²) < 4.78 is 0. The molecule has 3 heteroatoms. The predicted molar refractivity (Wildman–Crippen MR) is 87.7 cm³/mol. The van der Waals surface area contributed by atoms with Crippen LogP contribution in [0.1, 0.15) is 35.4 Å². The molecule has 1 heterocycles. The van der Waals surface area contributed by atoms with Crippen molar-refractivity contribution < 1.29 is 0 Å². The van der Waals surface area contributed by atoms with Crippen LogP contribution in [0.25, 0.3) is 0 Å². The van der Waals surface area contributed by atoms with Crippen molar-refractivity contribution in [2.75, 3.05) is 0 Å². The molecule has 2 unspecified atom stereocenters. The standard InChI is InChI=1S/C17H22N2S/c1-3-15(18)17(16-9-4-5-10-19-16)20-12-14-8-6-7-13(2)11-14/h4-11,15,17H,3,12,18H2,1-2H3. The first-order valence-corrected chi connectivity index (χ1v) is 8.09. The number of thioether (sulfide) groups is 1. The third-order valence-corrected chi connectivity index (χ3v) is 4.80. The maximum atomic E-state index is 6.28. The Morgan fingerprint density at radius 1 is 1.20 bits per heavy atom. The van der Waals surface area contributed by atoms with Gasteiger partial charge in [0.1, 0.15) is 0 Å². The Hall–Kier alpha value is -1.32. The normalized spacial score (nSPS) is 13.9. The van der Waals surface area contributed by atoms with Gasteiger partial charge in [0.15, 0.2) is 0 Å². The lowest BCUT2D eigenvalue weighted by Crippen LogP contribution is -2.26. The van der Waals surface area contributed by atoms with Gasteiger partial charge in [-0.15, -0.1) is 11.8 Å². The number of aromatic nitrogens is 1. The van der Waals surface area contributed by atoms with Gasteiger partial charge in [0.2, 0.25) is 0 Å². The fourth-order valence-electron chi connectivity index (χ4n) is 2.17. The zero-order valence-electron chi connectivity index (χ0n) is 12.1. The van der Waals surface area contributed by atoms with Crippen molar-refractivity contribution in [3.63, 3.8) is 0 Å². The third-order valence-electron chi connectivity index (χ3n) is 3.35. The second-order valence-corrected chi connectivity index (χ2v) is 6.18. The lowest BCUT2D eigenvalue weighted by molar-refractivity contribution is 0.624. The second-order valence-electron chi connectivity index (χ2n) is 5.05. The Bertz CT molecular complexity index is 528. The molecule has 1 aromatic carbocycles. The Morgan fingerprint density at radius 2 is 2.05 bits per heavy atom. The average molecular weight is 286 g/mol. The number of pyridine rings is 1. The molecule has 2 rings (SSSR count). The van der Waals surface area contributed by atoms with E-state index in [9.17, 15) is 0 Å². The van der Waals surface area contributed by atoms with Crippen molar-refractivity contribution >= 4 is 11.8 Å². The third kappa shape index (κ3) is 4.09. The summed E-state index contributed by atoms with van der Waals surface area (Å²) >= 11 is 1.88. The number of nitrogens with zero attached hydrogens (tertiary/aromatic N) is 1. The summed E-state index contributed by atoms with van der Waals surface area (Å²) in [7, 11) is 0. The number of hydrogen-bond donors (Lipinski definition) is 1. The Balaban J connectivity index is 2.09. The molecule has 0 amide bonds. The lowest BCUT2D eigenvalue weighted by Gasteiger charge is -2.22. The van der Waals surface area contributed by atoms with E-state index >= 15 is 0 Å². The maximum Gasteiger partial charge on any atom is 0.0624 e. The minimum absolute atomic E-state index is 0.139. The quantitative estimate of drug-likeness (QED) is 0.869. The van der Waals surface area contributed by atoms with E-state index in [2.05, 4.69) is 49.2 Å².